The van der Waals surface area contributed by atoms with Crippen LogP contribution in [0.25, 0.3) is 0 Å². The average Bonchev–Trinajstić information content (AvgIpc) is 2.37. The Labute approximate surface area is 127 Å². The number of nitrogens with one attached hydrogen (secondary N) is 1. The van der Waals surface area contributed by atoms with Crippen molar-refractivity contribution in [3.8, 4) is 0 Å². The number of pyridine rings is 1. The van der Waals surface area contributed by atoms with Gasteiger partial charge in [0.1, 0.15) is 0 Å². The quantitative estimate of drug-likeness (QED) is 0.917. The molecule has 0 aliphatic carbocycles. The van der Waals surface area contributed by atoms with Crippen LogP contribution in [0.3, 0.4) is 0 Å². The molecule has 0 bridgehead atoms. The molecule has 0 atom stereocenters. The number of benzene rings is 1. The van der Waals surface area contributed by atoms with E-state index in [0.717, 1.165) is 16.8 Å². The van der Waals surface area contributed by atoms with Gasteiger partial charge in [-0.15, -0.1) is 0 Å². The minimum absolute atomic E-state index is 0.176. The Morgan fingerprint density at radius 1 is 1.25 bits per heavy atom. The van der Waals surface area contributed by atoms with Crippen LogP contribution in [0.1, 0.15) is 16.8 Å². The summed E-state index contributed by atoms with van der Waals surface area (Å²) in [6.07, 6.45) is 1.65. The molecular formula is C14H15BrN2O2S. The SMILES string of the molecule is Cc1ccc(S(=O)(=O)NCc2ncccc2C)c(Br)c1. The van der Waals surface area contributed by atoms with E-state index >= 15 is 0 Å². The standard InChI is InChI=1S/C14H15BrN2O2S/c1-10-5-6-14(12(15)8-10)20(18,19)17-9-13-11(2)4-3-7-16-13/h3-8,17H,9H2,1-2H3. The van der Waals surface area contributed by atoms with E-state index in [1.165, 1.54) is 0 Å². The fourth-order valence-electron chi connectivity index (χ4n) is 1.77. The van der Waals surface area contributed by atoms with E-state index in [1.807, 2.05) is 26.0 Å². The summed E-state index contributed by atoms with van der Waals surface area (Å²) >= 11 is 3.29. The summed E-state index contributed by atoms with van der Waals surface area (Å²) in [5.74, 6) is 0. The van der Waals surface area contributed by atoms with Crippen LogP contribution in [-0.2, 0) is 16.6 Å². The number of sulfonamides is 1. The molecule has 106 valence electrons. The molecule has 4 nitrogen and oxygen atoms in total. The van der Waals surface area contributed by atoms with E-state index < -0.39 is 10.0 Å². The summed E-state index contributed by atoms with van der Waals surface area (Å²) in [5.41, 5.74) is 2.67. The number of nitrogens with zero attached hydrogens (tertiary/aromatic N) is 1. The van der Waals surface area contributed by atoms with E-state index in [2.05, 4.69) is 25.6 Å². The maximum absolute atomic E-state index is 12.3. The summed E-state index contributed by atoms with van der Waals surface area (Å²) in [5, 5.41) is 0. The van der Waals surface area contributed by atoms with Gasteiger partial charge >= 0.3 is 0 Å². The second kappa shape index (κ2) is 6.03. The van der Waals surface area contributed by atoms with Crippen molar-refractivity contribution in [3.05, 3.63) is 57.8 Å². The van der Waals surface area contributed by atoms with Crippen molar-refractivity contribution in [1.29, 1.82) is 0 Å². The molecule has 1 aromatic carbocycles. The first-order chi connectivity index (χ1) is 9.40. The molecule has 1 aromatic heterocycles. The van der Waals surface area contributed by atoms with Crippen LogP contribution >= 0.6 is 15.9 Å². The van der Waals surface area contributed by atoms with Gasteiger partial charge in [0.05, 0.1) is 17.1 Å². The zero-order valence-corrected chi connectivity index (χ0v) is 13.6. The Hall–Kier alpha value is -1.24. The molecule has 0 aliphatic rings. The minimum atomic E-state index is -3.56. The smallest absolute Gasteiger partial charge is 0.242 e. The first-order valence-corrected chi connectivity index (χ1v) is 8.34. The highest BCUT2D eigenvalue weighted by molar-refractivity contribution is 9.10. The van der Waals surface area contributed by atoms with E-state index in [9.17, 15) is 8.42 Å². The predicted molar refractivity (Wildman–Crippen MR) is 81.9 cm³/mol. The Kier molecular flexibility index (Phi) is 4.57. The van der Waals surface area contributed by atoms with Gasteiger partial charge in [-0.05, 0) is 59.1 Å². The van der Waals surface area contributed by atoms with E-state index in [0.29, 0.717) is 4.47 Å². The molecule has 0 saturated heterocycles. The van der Waals surface area contributed by atoms with Gasteiger partial charge in [0.25, 0.3) is 0 Å². The third kappa shape index (κ3) is 3.45. The highest BCUT2D eigenvalue weighted by Crippen LogP contribution is 2.23. The summed E-state index contributed by atoms with van der Waals surface area (Å²) in [4.78, 5) is 4.41. The Bertz CT molecular complexity index is 730. The topological polar surface area (TPSA) is 59.1 Å². The lowest BCUT2D eigenvalue weighted by Crippen LogP contribution is -2.24. The first kappa shape index (κ1) is 15.2. The van der Waals surface area contributed by atoms with Crippen molar-refractivity contribution in [1.82, 2.24) is 9.71 Å². The molecular weight excluding hydrogens is 340 g/mol. The number of aromatic nitrogens is 1. The third-order valence-electron chi connectivity index (χ3n) is 2.92. The minimum Gasteiger partial charge on any atom is -0.260 e. The second-order valence-corrected chi connectivity index (χ2v) is 7.12. The number of aryl methyl sites for hydroxylation is 2. The van der Waals surface area contributed by atoms with Crippen LogP contribution in [-0.4, -0.2) is 13.4 Å². The molecule has 20 heavy (non-hydrogen) atoms. The van der Waals surface area contributed by atoms with E-state index in [-0.39, 0.29) is 11.4 Å². The van der Waals surface area contributed by atoms with Crippen molar-refractivity contribution in [2.75, 3.05) is 0 Å². The zero-order valence-electron chi connectivity index (χ0n) is 11.2. The monoisotopic (exact) mass is 354 g/mol. The largest absolute Gasteiger partial charge is 0.260 e. The number of rotatable bonds is 4. The molecule has 0 fully saturated rings. The van der Waals surface area contributed by atoms with Gasteiger partial charge in [-0.3, -0.25) is 4.98 Å². The van der Waals surface area contributed by atoms with Crippen molar-refractivity contribution < 1.29 is 8.42 Å². The fourth-order valence-corrected chi connectivity index (χ4v) is 3.95. The molecule has 0 saturated carbocycles. The van der Waals surface area contributed by atoms with Crippen LogP contribution in [0, 0.1) is 13.8 Å². The van der Waals surface area contributed by atoms with Gasteiger partial charge < -0.3 is 0 Å². The number of halogens is 1. The van der Waals surface area contributed by atoms with Gasteiger partial charge in [-0.25, -0.2) is 13.1 Å². The highest BCUT2D eigenvalue weighted by atomic mass is 79.9. The average molecular weight is 355 g/mol. The maximum Gasteiger partial charge on any atom is 0.242 e. The van der Waals surface area contributed by atoms with Crippen molar-refractivity contribution in [2.45, 2.75) is 25.3 Å². The lowest BCUT2D eigenvalue weighted by atomic mass is 10.2. The molecule has 0 amide bonds. The molecule has 2 rings (SSSR count). The maximum atomic E-state index is 12.3. The van der Waals surface area contributed by atoms with Crippen molar-refractivity contribution in [3.63, 3.8) is 0 Å². The number of hydrogen-bond acceptors (Lipinski definition) is 3. The zero-order chi connectivity index (χ0) is 14.8. The molecule has 1 heterocycles. The van der Waals surface area contributed by atoms with Crippen LogP contribution in [0.4, 0.5) is 0 Å². The van der Waals surface area contributed by atoms with Gasteiger partial charge in [0.15, 0.2) is 0 Å². The Balaban J connectivity index is 2.22. The van der Waals surface area contributed by atoms with Crippen LogP contribution in [0.15, 0.2) is 45.9 Å². The van der Waals surface area contributed by atoms with E-state index in [4.69, 9.17) is 0 Å². The van der Waals surface area contributed by atoms with Crippen molar-refractivity contribution >= 4 is 26.0 Å². The lowest BCUT2D eigenvalue weighted by Gasteiger charge is -2.10. The van der Waals surface area contributed by atoms with Gasteiger partial charge in [0, 0.05) is 10.7 Å². The van der Waals surface area contributed by atoms with Gasteiger partial charge in [-0.1, -0.05) is 12.1 Å². The van der Waals surface area contributed by atoms with Crippen molar-refractivity contribution in [2.24, 2.45) is 0 Å². The second-order valence-electron chi connectivity index (χ2n) is 4.53. The van der Waals surface area contributed by atoms with Gasteiger partial charge in [0.2, 0.25) is 10.0 Å². The summed E-state index contributed by atoms with van der Waals surface area (Å²) in [6.45, 7) is 3.99. The van der Waals surface area contributed by atoms with E-state index in [1.54, 1.807) is 24.4 Å². The van der Waals surface area contributed by atoms with Crippen LogP contribution < -0.4 is 4.72 Å². The number of hydrogen-bond donors (Lipinski definition) is 1. The third-order valence-corrected chi connectivity index (χ3v) is 5.30. The molecule has 0 radical (unpaired) electrons. The van der Waals surface area contributed by atoms with Crippen LogP contribution in [0.5, 0.6) is 0 Å². The lowest BCUT2D eigenvalue weighted by molar-refractivity contribution is 0.579. The predicted octanol–water partition coefficient (Wildman–Crippen LogP) is 2.94. The molecule has 1 N–H and O–H groups in total. The highest BCUT2D eigenvalue weighted by Gasteiger charge is 2.17. The van der Waals surface area contributed by atoms with Gasteiger partial charge in [-0.2, -0.15) is 0 Å². The molecule has 6 heteroatoms. The molecule has 0 unspecified atom stereocenters. The normalized spacial score (nSPS) is 11.6. The molecule has 0 aliphatic heterocycles. The summed E-state index contributed by atoms with van der Waals surface area (Å²) in [6, 6.07) is 8.86. The van der Waals surface area contributed by atoms with Crippen LogP contribution in [0.2, 0.25) is 0 Å². The summed E-state index contributed by atoms with van der Waals surface area (Å²) < 4.78 is 27.7. The Morgan fingerprint density at radius 2 is 2.00 bits per heavy atom. The fraction of sp³-hybridized carbons (Fsp3) is 0.214. The first-order valence-electron chi connectivity index (χ1n) is 6.06. The Morgan fingerprint density at radius 3 is 2.65 bits per heavy atom. The molecule has 2 aromatic rings. The molecule has 0 spiro atoms. The summed E-state index contributed by atoms with van der Waals surface area (Å²) in [7, 11) is -3.56.